The normalized spacial score (nSPS) is 17.8. The molecule has 0 radical (unpaired) electrons. The number of fused-ring (bicyclic) bond motifs is 2. The number of piperazine rings is 1. The van der Waals surface area contributed by atoms with E-state index in [-0.39, 0.29) is 43.3 Å². The Balaban J connectivity index is 0.748. The molecule has 24 heteroatoms. The molecular formula is C54H66N14O9S. The second-order valence-electron chi connectivity index (χ2n) is 21.6. The van der Waals surface area contributed by atoms with Gasteiger partial charge in [-0.25, -0.2) is 29.7 Å². The molecule has 0 unspecified atom stereocenters. The summed E-state index contributed by atoms with van der Waals surface area (Å²) in [7, 11) is 0. The fourth-order valence-corrected chi connectivity index (χ4v) is 10.3. The predicted octanol–water partition coefficient (Wildman–Crippen LogP) is 5.05. The highest BCUT2D eigenvalue weighted by molar-refractivity contribution is 7.13. The number of carbonyl (C=O) groups is 5. The summed E-state index contributed by atoms with van der Waals surface area (Å²) in [6, 6.07) is 7.26. The van der Waals surface area contributed by atoms with E-state index < -0.39 is 53.0 Å². The largest absolute Gasteiger partial charge is 0.475 e. The zero-order valence-corrected chi connectivity index (χ0v) is 46.0. The minimum absolute atomic E-state index is 0.0538. The van der Waals surface area contributed by atoms with Crippen molar-refractivity contribution >= 4 is 64.2 Å². The Bertz CT molecular complexity index is 3170. The number of imidazole rings is 1. The van der Waals surface area contributed by atoms with Gasteiger partial charge in [0.15, 0.2) is 22.8 Å². The van der Waals surface area contributed by atoms with Crippen LogP contribution < -0.4 is 35.2 Å². The lowest BCUT2D eigenvalue weighted by Gasteiger charge is -2.37. The standard InChI is InChI=1S/C54H66N14O9S/c1-31(2)76-52(74)67-18-19-75-48-41(67)20-36(22-56-48)39-27-66-28-42(61-43(66)25-55-39)62-44(70)29-64-14-16-65(17-15-64)51-57-23-38(24-58-51)77-54(8,9)50(73)63-46(53(5,6)7)49(72)68-26-37(69)21-40(68)47(71)60-32(3)34-10-12-35(13-11-34)45-33(4)59-30-78-45/h10-13,20,22-25,27-28,30-32,37,40,46,69H,14-19,21,26,29H2,1-9H3,(H,60,71)(H,62,70)(H,63,73)/t32-,37+,40-,46+/m0/s1. The second kappa shape index (κ2) is 22.6. The zero-order valence-electron chi connectivity index (χ0n) is 45.2. The zero-order chi connectivity index (χ0) is 55.6. The number of aliphatic hydroxyl groups is 1. The third-order valence-electron chi connectivity index (χ3n) is 13.7. The molecule has 6 aromatic rings. The fourth-order valence-electron chi connectivity index (χ4n) is 9.48. The van der Waals surface area contributed by atoms with E-state index in [4.69, 9.17) is 14.2 Å². The lowest BCUT2D eigenvalue weighted by atomic mass is 9.85. The molecule has 0 bridgehead atoms. The van der Waals surface area contributed by atoms with Gasteiger partial charge < -0.3 is 49.5 Å². The molecule has 0 spiro atoms. The summed E-state index contributed by atoms with van der Waals surface area (Å²) in [5.74, 6) is -0.324. The first-order chi connectivity index (χ1) is 37.1. The number of amides is 5. The van der Waals surface area contributed by atoms with E-state index in [2.05, 4.69) is 45.9 Å². The summed E-state index contributed by atoms with van der Waals surface area (Å²) in [5.41, 5.74) is 4.61. The van der Waals surface area contributed by atoms with Gasteiger partial charge >= 0.3 is 6.09 Å². The Hall–Kier alpha value is -7.83. The number of hydrogen-bond acceptors (Lipinski definition) is 18. The minimum Gasteiger partial charge on any atom is -0.475 e. The number of aliphatic hydroxyl groups excluding tert-OH is 1. The van der Waals surface area contributed by atoms with Crippen LogP contribution in [0.15, 0.2) is 73.0 Å². The quantitative estimate of drug-likeness (QED) is 0.105. The van der Waals surface area contributed by atoms with Gasteiger partial charge in [-0.05, 0) is 64.2 Å². The fraction of sp³-hybridized carbons (Fsp3) is 0.463. The Morgan fingerprint density at radius 1 is 0.872 bits per heavy atom. The molecule has 412 valence electrons. The van der Waals surface area contributed by atoms with Crippen LogP contribution in [-0.2, 0) is 23.9 Å². The molecule has 5 amide bonds. The number of β-amino-alcohol motifs (C(OH)–C–C–N with tert-alkyl or cyclic N) is 1. The maximum absolute atomic E-state index is 14.4. The smallest absolute Gasteiger partial charge is 0.414 e. The summed E-state index contributed by atoms with van der Waals surface area (Å²) in [5, 5.41) is 19.6. The molecule has 0 saturated carbocycles. The molecule has 5 aromatic heterocycles. The molecule has 78 heavy (non-hydrogen) atoms. The van der Waals surface area contributed by atoms with E-state index in [0.717, 1.165) is 21.7 Å². The van der Waals surface area contributed by atoms with Gasteiger partial charge in [-0.15, -0.1) is 11.3 Å². The van der Waals surface area contributed by atoms with Crippen molar-refractivity contribution in [3.63, 3.8) is 0 Å². The van der Waals surface area contributed by atoms with Crippen molar-refractivity contribution in [3.8, 4) is 33.3 Å². The first kappa shape index (κ1) is 54.9. The Kier molecular flexibility index (Phi) is 15.9. The Morgan fingerprint density at radius 3 is 2.28 bits per heavy atom. The van der Waals surface area contributed by atoms with E-state index in [1.807, 2.05) is 74.2 Å². The van der Waals surface area contributed by atoms with Gasteiger partial charge in [0, 0.05) is 57.1 Å². The van der Waals surface area contributed by atoms with Crippen LogP contribution in [0.1, 0.15) is 79.1 Å². The molecule has 1 aromatic carbocycles. The summed E-state index contributed by atoms with van der Waals surface area (Å²) >= 11 is 1.56. The van der Waals surface area contributed by atoms with Crippen LogP contribution in [-0.4, -0.2) is 161 Å². The van der Waals surface area contributed by atoms with E-state index in [1.165, 1.54) is 22.2 Å². The van der Waals surface area contributed by atoms with Crippen molar-refractivity contribution in [1.82, 2.24) is 54.7 Å². The topological polar surface area (TPSA) is 264 Å². The molecule has 3 aliphatic rings. The van der Waals surface area contributed by atoms with Gasteiger partial charge in [0.25, 0.3) is 5.91 Å². The number of benzene rings is 1. The van der Waals surface area contributed by atoms with Gasteiger partial charge in [0.1, 0.15) is 24.4 Å². The van der Waals surface area contributed by atoms with Crippen molar-refractivity contribution in [2.45, 2.75) is 105 Å². The highest BCUT2D eigenvalue weighted by Gasteiger charge is 2.46. The SMILES string of the molecule is Cc1ncsc1-c1ccc([C@H](C)NC(=O)[C@@H]2C[C@@H](O)CN2C(=O)[C@@H](NC(=O)C(C)(C)Oc2cnc(N3CCN(CC(=O)Nc4cn5cc(-c6cnc7c(c6)N(C(=O)OC(C)C)CCO7)ncc5n4)CC3)nc2)C(C)(C)C)cc1. The lowest BCUT2D eigenvalue weighted by Crippen LogP contribution is -2.61. The van der Waals surface area contributed by atoms with Crippen LogP contribution in [0.3, 0.4) is 0 Å². The molecule has 4 N–H and O–H groups in total. The maximum Gasteiger partial charge on any atom is 0.414 e. The summed E-state index contributed by atoms with van der Waals surface area (Å²) in [4.78, 5) is 103. The Labute approximate surface area is 455 Å². The van der Waals surface area contributed by atoms with Crippen molar-refractivity contribution in [1.29, 1.82) is 0 Å². The number of likely N-dealkylation sites (tertiary alicyclic amines) is 1. The molecule has 2 fully saturated rings. The van der Waals surface area contributed by atoms with E-state index in [0.29, 0.717) is 79.6 Å². The van der Waals surface area contributed by atoms with Crippen molar-refractivity contribution in [3.05, 3.63) is 84.3 Å². The number of nitrogens with zero attached hydrogens (tertiary/aromatic N) is 11. The molecule has 8 heterocycles. The van der Waals surface area contributed by atoms with Crippen molar-refractivity contribution in [2.24, 2.45) is 5.41 Å². The highest BCUT2D eigenvalue weighted by atomic mass is 32.1. The number of ether oxygens (including phenoxy) is 3. The van der Waals surface area contributed by atoms with Crippen LogP contribution in [0.25, 0.3) is 27.3 Å². The van der Waals surface area contributed by atoms with E-state index in [9.17, 15) is 29.1 Å². The molecule has 23 nitrogen and oxygen atoms in total. The highest BCUT2D eigenvalue weighted by Crippen LogP contribution is 2.35. The number of carbonyl (C=O) groups excluding carboxylic acids is 5. The number of pyridine rings is 1. The lowest BCUT2D eigenvalue weighted by molar-refractivity contribution is -0.146. The van der Waals surface area contributed by atoms with Crippen LogP contribution in [0.2, 0.25) is 0 Å². The minimum atomic E-state index is -1.49. The molecular weight excluding hydrogens is 1020 g/mol. The first-order valence-electron chi connectivity index (χ1n) is 25.9. The van der Waals surface area contributed by atoms with E-state index >= 15 is 0 Å². The summed E-state index contributed by atoms with van der Waals surface area (Å²) in [6.45, 7) is 18.9. The molecule has 3 aliphatic heterocycles. The average Bonchev–Trinajstić information content (AvgIpc) is 4.15. The molecule has 9 rings (SSSR count). The van der Waals surface area contributed by atoms with Crippen LogP contribution in [0, 0.1) is 12.3 Å². The Morgan fingerprint density at radius 2 is 1.60 bits per heavy atom. The maximum atomic E-state index is 14.4. The average molecular weight is 1090 g/mol. The summed E-state index contributed by atoms with van der Waals surface area (Å²) in [6.07, 6.45) is 8.02. The predicted molar refractivity (Wildman–Crippen MR) is 291 cm³/mol. The van der Waals surface area contributed by atoms with Gasteiger partial charge in [-0.2, -0.15) is 0 Å². The number of hydrogen-bond donors (Lipinski definition) is 4. The van der Waals surface area contributed by atoms with Gasteiger partial charge in [0.2, 0.25) is 29.5 Å². The van der Waals surface area contributed by atoms with Crippen LogP contribution in [0.4, 0.5) is 22.2 Å². The van der Waals surface area contributed by atoms with Crippen LogP contribution in [0.5, 0.6) is 11.6 Å². The van der Waals surface area contributed by atoms with Crippen molar-refractivity contribution in [2.75, 3.05) is 67.5 Å². The van der Waals surface area contributed by atoms with Gasteiger partial charge in [-0.1, -0.05) is 45.0 Å². The number of thiazole rings is 1. The third-order valence-corrected chi connectivity index (χ3v) is 14.7. The molecule has 4 atom stereocenters. The van der Waals surface area contributed by atoms with Crippen LogP contribution >= 0.6 is 11.3 Å². The number of rotatable bonds is 15. The number of nitrogens with one attached hydrogen (secondary N) is 3. The second-order valence-corrected chi connectivity index (χ2v) is 22.4. The van der Waals surface area contributed by atoms with E-state index in [1.54, 1.807) is 74.3 Å². The first-order valence-corrected chi connectivity index (χ1v) is 26.8. The van der Waals surface area contributed by atoms with Gasteiger partial charge in [-0.3, -0.25) is 34.0 Å². The van der Waals surface area contributed by atoms with Gasteiger partial charge in [0.05, 0.1) is 77.9 Å². The molecule has 0 aliphatic carbocycles. The number of aromatic nitrogens is 7. The number of anilines is 3. The van der Waals surface area contributed by atoms with Crippen molar-refractivity contribution < 1.29 is 43.3 Å². The third kappa shape index (κ3) is 12.5. The molecule has 2 saturated heterocycles. The number of aryl methyl sites for hydroxylation is 1. The monoisotopic (exact) mass is 1090 g/mol. The summed E-state index contributed by atoms with van der Waals surface area (Å²) < 4.78 is 19.0.